The Kier molecular flexibility index (Phi) is 3.39. The molecule has 4 unspecified atom stereocenters. The summed E-state index contributed by atoms with van der Waals surface area (Å²) < 4.78 is 0. The molecule has 0 heterocycles. The van der Waals surface area contributed by atoms with Crippen molar-refractivity contribution in [3.05, 3.63) is 0 Å². The molecule has 0 aliphatic heterocycles. The minimum Gasteiger partial charge on any atom is -0.353 e. The quantitative estimate of drug-likeness (QED) is 0.830. The Labute approximate surface area is 123 Å². The molecule has 4 saturated carbocycles. The number of amides is 1. The van der Waals surface area contributed by atoms with E-state index in [0.717, 1.165) is 31.1 Å². The predicted molar refractivity (Wildman–Crippen MR) is 81.0 cm³/mol. The Hall–Kier alpha value is -0.570. The lowest BCUT2D eigenvalue weighted by Crippen LogP contribution is -2.58. The second kappa shape index (κ2) is 4.72. The van der Waals surface area contributed by atoms with E-state index in [9.17, 15) is 4.79 Å². The smallest absolute Gasteiger partial charge is 0.226 e. The zero-order valence-electron chi connectivity index (χ0n) is 13.2. The Balaban J connectivity index is 1.74. The third-order valence-corrected chi connectivity index (χ3v) is 6.42. The van der Waals surface area contributed by atoms with Gasteiger partial charge in [-0.05, 0) is 75.2 Å². The molecule has 0 radical (unpaired) electrons. The maximum Gasteiger partial charge on any atom is 0.226 e. The number of rotatable bonds is 4. The molecule has 4 bridgehead atoms. The summed E-state index contributed by atoms with van der Waals surface area (Å²) in [6, 6.07) is 0.188. The molecule has 3 heteroatoms. The van der Waals surface area contributed by atoms with Gasteiger partial charge in [-0.15, -0.1) is 0 Å². The van der Waals surface area contributed by atoms with E-state index in [1.165, 1.54) is 19.3 Å². The van der Waals surface area contributed by atoms with E-state index in [0.29, 0.717) is 23.8 Å². The summed E-state index contributed by atoms with van der Waals surface area (Å²) in [7, 11) is 0. The lowest BCUT2D eigenvalue weighted by molar-refractivity contribution is -0.156. The maximum absolute atomic E-state index is 12.9. The third kappa shape index (κ3) is 2.28. The maximum atomic E-state index is 12.9. The van der Waals surface area contributed by atoms with Crippen LogP contribution in [0.3, 0.4) is 0 Å². The lowest BCUT2D eigenvalue weighted by Gasteiger charge is -2.60. The molecule has 114 valence electrons. The summed E-state index contributed by atoms with van der Waals surface area (Å²) in [5.41, 5.74) is 6.11. The standard InChI is InChI=1S/C17H30N2O/c1-11(9-18)12(2)19-15(20)17-7-13-4-14(8-17)6-16(3,5-13)10-17/h11-14H,4-10,18H2,1-3H3,(H,19,20). The average molecular weight is 278 g/mol. The highest BCUT2D eigenvalue weighted by Gasteiger charge is 2.58. The topological polar surface area (TPSA) is 55.1 Å². The van der Waals surface area contributed by atoms with Gasteiger partial charge in [0.2, 0.25) is 5.91 Å². The van der Waals surface area contributed by atoms with Crippen molar-refractivity contribution in [2.24, 2.45) is 34.3 Å². The highest BCUT2D eigenvalue weighted by Crippen LogP contribution is 2.65. The molecule has 4 rings (SSSR count). The third-order valence-electron chi connectivity index (χ3n) is 6.42. The van der Waals surface area contributed by atoms with Gasteiger partial charge in [0.05, 0.1) is 5.41 Å². The fraction of sp³-hybridized carbons (Fsp3) is 0.941. The first-order chi connectivity index (χ1) is 9.36. The highest BCUT2D eigenvalue weighted by molar-refractivity contribution is 5.83. The Morgan fingerprint density at radius 1 is 1.25 bits per heavy atom. The highest BCUT2D eigenvalue weighted by atomic mass is 16.2. The van der Waals surface area contributed by atoms with Crippen molar-refractivity contribution >= 4 is 5.91 Å². The summed E-state index contributed by atoms with van der Waals surface area (Å²) in [5.74, 6) is 2.28. The van der Waals surface area contributed by atoms with Crippen LogP contribution < -0.4 is 11.1 Å². The SMILES string of the molecule is CC(CN)C(C)NC(=O)C12CC3CC(CC(C)(C3)C1)C2. The van der Waals surface area contributed by atoms with Crippen LogP contribution >= 0.6 is 0 Å². The van der Waals surface area contributed by atoms with Crippen LogP contribution in [0.25, 0.3) is 0 Å². The molecule has 0 spiro atoms. The van der Waals surface area contributed by atoms with E-state index in [4.69, 9.17) is 5.73 Å². The normalized spacial score (nSPS) is 45.2. The van der Waals surface area contributed by atoms with Gasteiger partial charge in [0.1, 0.15) is 0 Å². The lowest BCUT2D eigenvalue weighted by atomic mass is 9.44. The molecule has 4 atom stereocenters. The van der Waals surface area contributed by atoms with Gasteiger partial charge >= 0.3 is 0 Å². The van der Waals surface area contributed by atoms with E-state index in [2.05, 4.69) is 26.1 Å². The van der Waals surface area contributed by atoms with Gasteiger partial charge in [0.25, 0.3) is 0 Å². The minimum atomic E-state index is -0.0542. The fourth-order valence-electron chi connectivity index (χ4n) is 5.69. The number of nitrogens with one attached hydrogen (secondary N) is 1. The van der Waals surface area contributed by atoms with Crippen LogP contribution in [0.2, 0.25) is 0 Å². The minimum absolute atomic E-state index is 0.0542. The van der Waals surface area contributed by atoms with Crippen LogP contribution in [-0.4, -0.2) is 18.5 Å². The summed E-state index contributed by atoms with van der Waals surface area (Å²) in [4.78, 5) is 12.9. The Bertz CT molecular complexity index is 392. The first-order valence-corrected chi connectivity index (χ1v) is 8.37. The van der Waals surface area contributed by atoms with Gasteiger partial charge in [-0.1, -0.05) is 13.8 Å². The number of hydrogen-bond donors (Lipinski definition) is 2. The second-order valence-electron chi connectivity index (χ2n) is 8.53. The molecule has 3 nitrogen and oxygen atoms in total. The van der Waals surface area contributed by atoms with Crippen molar-refractivity contribution in [2.75, 3.05) is 6.54 Å². The van der Waals surface area contributed by atoms with Crippen molar-refractivity contribution < 1.29 is 4.79 Å². The molecule has 0 aromatic carbocycles. The van der Waals surface area contributed by atoms with Gasteiger partial charge in [0, 0.05) is 6.04 Å². The van der Waals surface area contributed by atoms with Crippen LogP contribution in [0, 0.1) is 28.6 Å². The number of carbonyl (C=O) groups is 1. The van der Waals surface area contributed by atoms with E-state index in [1.807, 2.05) is 0 Å². The fourth-order valence-corrected chi connectivity index (χ4v) is 5.69. The monoisotopic (exact) mass is 278 g/mol. The van der Waals surface area contributed by atoms with E-state index in [1.54, 1.807) is 0 Å². The van der Waals surface area contributed by atoms with Crippen molar-refractivity contribution in [3.8, 4) is 0 Å². The number of hydrogen-bond acceptors (Lipinski definition) is 2. The van der Waals surface area contributed by atoms with Gasteiger partial charge in [-0.3, -0.25) is 4.79 Å². The summed E-state index contributed by atoms with van der Waals surface area (Å²) in [6.07, 6.45) is 7.46. The summed E-state index contributed by atoms with van der Waals surface area (Å²) in [6.45, 7) is 7.26. The molecule has 4 aliphatic carbocycles. The summed E-state index contributed by atoms with van der Waals surface area (Å²) in [5, 5.41) is 3.29. The number of carbonyl (C=O) groups excluding carboxylic acids is 1. The molecule has 1 amide bonds. The summed E-state index contributed by atoms with van der Waals surface area (Å²) >= 11 is 0. The first-order valence-electron chi connectivity index (χ1n) is 8.37. The van der Waals surface area contributed by atoms with E-state index < -0.39 is 0 Å². The molecule has 3 N–H and O–H groups in total. The van der Waals surface area contributed by atoms with Crippen LogP contribution in [-0.2, 0) is 4.79 Å². The van der Waals surface area contributed by atoms with Crippen LogP contribution in [0.15, 0.2) is 0 Å². The van der Waals surface area contributed by atoms with Crippen LogP contribution in [0.4, 0.5) is 0 Å². The number of nitrogens with two attached hydrogens (primary N) is 1. The molecule has 20 heavy (non-hydrogen) atoms. The van der Waals surface area contributed by atoms with Crippen LogP contribution in [0.1, 0.15) is 59.3 Å². The zero-order valence-corrected chi connectivity index (χ0v) is 13.2. The van der Waals surface area contributed by atoms with Gasteiger partial charge in [0.15, 0.2) is 0 Å². The van der Waals surface area contributed by atoms with Crippen molar-refractivity contribution in [3.63, 3.8) is 0 Å². The Morgan fingerprint density at radius 2 is 1.85 bits per heavy atom. The second-order valence-corrected chi connectivity index (χ2v) is 8.53. The molecule has 0 saturated heterocycles. The molecule has 0 aromatic rings. The first kappa shape index (κ1) is 14.4. The molecular formula is C17H30N2O. The van der Waals surface area contributed by atoms with E-state index >= 15 is 0 Å². The largest absolute Gasteiger partial charge is 0.353 e. The Morgan fingerprint density at radius 3 is 2.35 bits per heavy atom. The molecule has 4 aliphatic rings. The molecule has 4 fully saturated rings. The van der Waals surface area contributed by atoms with Gasteiger partial charge < -0.3 is 11.1 Å². The average Bonchev–Trinajstić information content (AvgIpc) is 2.34. The molecular weight excluding hydrogens is 248 g/mol. The van der Waals surface area contributed by atoms with Crippen molar-refractivity contribution in [2.45, 2.75) is 65.3 Å². The zero-order chi connectivity index (χ0) is 14.5. The van der Waals surface area contributed by atoms with Gasteiger partial charge in [-0.2, -0.15) is 0 Å². The van der Waals surface area contributed by atoms with Gasteiger partial charge in [-0.25, -0.2) is 0 Å². The predicted octanol–water partition coefficient (Wildman–Crippen LogP) is 2.69. The van der Waals surface area contributed by atoms with Crippen molar-refractivity contribution in [1.82, 2.24) is 5.32 Å². The molecule has 0 aromatic heterocycles. The van der Waals surface area contributed by atoms with E-state index in [-0.39, 0.29) is 11.5 Å². The van der Waals surface area contributed by atoms with Crippen LogP contribution in [0.5, 0.6) is 0 Å². The van der Waals surface area contributed by atoms with Crippen molar-refractivity contribution in [1.29, 1.82) is 0 Å².